The molecule has 0 amide bonds. The summed E-state index contributed by atoms with van der Waals surface area (Å²) in [7, 11) is 0. The lowest BCUT2D eigenvalue weighted by Gasteiger charge is -2.26. The van der Waals surface area contributed by atoms with Crippen LogP contribution in [0.2, 0.25) is 0 Å². The summed E-state index contributed by atoms with van der Waals surface area (Å²) >= 11 is 0. The summed E-state index contributed by atoms with van der Waals surface area (Å²) < 4.78 is 0. The van der Waals surface area contributed by atoms with Crippen LogP contribution in [0, 0.1) is 17.3 Å². The maximum Gasteiger partial charge on any atom is -0.0170 e. The molecule has 0 spiro atoms. The van der Waals surface area contributed by atoms with E-state index < -0.39 is 0 Å². The Morgan fingerprint density at radius 3 is 2.27 bits per heavy atom. The molecule has 2 bridgehead atoms. The van der Waals surface area contributed by atoms with Gasteiger partial charge >= 0.3 is 0 Å². The molecule has 11 heavy (non-hydrogen) atoms. The molecule has 2 rings (SSSR count). The van der Waals surface area contributed by atoms with Gasteiger partial charge in [-0.2, -0.15) is 0 Å². The lowest BCUT2D eigenvalue weighted by Crippen LogP contribution is -2.14. The molecule has 0 nitrogen and oxygen atoms in total. The lowest BCUT2D eigenvalue weighted by atomic mass is 9.79. The van der Waals surface area contributed by atoms with Crippen LogP contribution in [-0.2, 0) is 0 Å². The zero-order valence-corrected chi connectivity index (χ0v) is 7.85. The molecule has 0 saturated heterocycles. The van der Waals surface area contributed by atoms with Crippen molar-refractivity contribution in [2.45, 2.75) is 40.0 Å². The minimum atomic E-state index is 0.444. The van der Waals surface area contributed by atoms with Gasteiger partial charge in [0.1, 0.15) is 0 Å². The van der Waals surface area contributed by atoms with Crippen LogP contribution >= 0.6 is 0 Å². The van der Waals surface area contributed by atoms with E-state index in [4.69, 9.17) is 0 Å². The van der Waals surface area contributed by atoms with E-state index in [1.54, 1.807) is 5.57 Å². The molecule has 2 aliphatic rings. The van der Waals surface area contributed by atoms with Crippen LogP contribution in [0.25, 0.3) is 0 Å². The van der Waals surface area contributed by atoms with Crippen molar-refractivity contribution < 1.29 is 0 Å². The fourth-order valence-electron chi connectivity index (χ4n) is 2.70. The Hall–Kier alpha value is -0.260. The molecule has 0 aliphatic heterocycles. The Bertz CT molecular complexity index is 193. The normalized spacial score (nSPS) is 36.1. The van der Waals surface area contributed by atoms with Crippen molar-refractivity contribution in [3.8, 4) is 0 Å². The third-order valence-corrected chi connectivity index (χ3v) is 3.19. The van der Waals surface area contributed by atoms with Crippen molar-refractivity contribution in [1.29, 1.82) is 0 Å². The van der Waals surface area contributed by atoms with Gasteiger partial charge in [-0.15, -0.1) is 0 Å². The van der Waals surface area contributed by atoms with Crippen molar-refractivity contribution in [2.24, 2.45) is 17.3 Å². The van der Waals surface area contributed by atoms with Crippen molar-refractivity contribution in [3.63, 3.8) is 0 Å². The van der Waals surface area contributed by atoms with Crippen molar-refractivity contribution in [3.05, 3.63) is 11.6 Å². The summed E-state index contributed by atoms with van der Waals surface area (Å²) in [6, 6.07) is 0. The van der Waals surface area contributed by atoms with Crippen LogP contribution in [0.5, 0.6) is 0 Å². The summed E-state index contributed by atoms with van der Waals surface area (Å²) in [5.74, 6) is 1.91. The smallest absolute Gasteiger partial charge is 0.0170 e. The van der Waals surface area contributed by atoms with E-state index in [1.165, 1.54) is 19.3 Å². The molecule has 1 saturated carbocycles. The van der Waals surface area contributed by atoms with Crippen molar-refractivity contribution in [2.75, 3.05) is 0 Å². The topological polar surface area (TPSA) is 0 Å². The Morgan fingerprint density at radius 1 is 1.27 bits per heavy atom. The highest BCUT2D eigenvalue weighted by molar-refractivity contribution is 5.24. The van der Waals surface area contributed by atoms with E-state index in [0.29, 0.717) is 5.41 Å². The van der Waals surface area contributed by atoms with Gasteiger partial charge in [-0.25, -0.2) is 0 Å². The maximum atomic E-state index is 2.55. The summed E-state index contributed by atoms with van der Waals surface area (Å²) in [6.45, 7) is 7.04. The van der Waals surface area contributed by atoms with Gasteiger partial charge in [0, 0.05) is 0 Å². The number of hydrogen-bond donors (Lipinski definition) is 0. The second-order valence-electron chi connectivity index (χ2n) is 5.14. The van der Waals surface area contributed by atoms with Gasteiger partial charge in [-0.3, -0.25) is 0 Å². The predicted octanol–water partition coefficient (Wildman–Crippen LogP) is 3.39. The molecule has 0 aromatic rings. The zero-order chi connectivity index (χ0) is 8.06. The van der Waals surface area contributed by atoms with E-state index in [9.17, 15) is 0 Å². The first-order valence-electron chi connectivity index (χ1n) is 4.79. The number of fused-ring (bicyclic) bond motifs is 2. The van der Waals surface area contributed by atoms with Crippen molar-refractivity contribution in [1.82, 2.24) is 0 Å². The van der Waals surface area contributed by atoms with Gasteiger partial charge in [0.2, 0.25) is 0 Å². The maximum absolute atomic E-state index is 2.55. The standard InChI is InChI=1S/C11H18/c1-11(2,3)10-7-8-4-5-9(10)6-8/h7-9H,4-6H2,1-3H3. The molecule has 0 N–H and O–H groups in total. The van der Waals surface area contributed by atoms with Gasteiger partial charge < -0.3 is 0 Å². The first-order valence-corrected chi connectivity index (χ1v) is 4.79. The van der Waals surface area contributed by atoms with Crippen molar-refractivity contribution >= 4 is 0 Å². The molecule has 0 aromatic carbocycles. The summed E-state index contributed by atoms with van der Waals surface area (Å²) in [4.78, 5) is 0. The predicted molar refractivity (Wildman–Crippen MR) is 48.4 cm³/mol. The summed E-state index contributed by atoms with van der Waals surface area (Å²) in [5.41, 5.74) is 2.19. The Balaban J connectivity index is 2.23. The van der Waals surface area contributed by atoms with E-state index in [-0.39, 0.29) is 0 Å². The van der Waals surface area contributed by atoms with E-state index in [1.807, 2.05) is 0 Å². The van der Waals surface area contributed by atoms with Gasteiger partial charge in [0.15, 0.2) is 0 Å². The fraction of sp³-hybridized carbons (Fsp3) is 0.818. The third kappa shape index (κ3) is 1.13. The Labute approximate surface area is 69.7 Å². The molecule has 2 unspecified atom stereocenters. The van der Waals surface area contributed by atoms with E-state index >= 15 is 0 Å². The molecule has 0 radical (unpaired) electrons. The van der Waals surface area contributed by atoms with Gasteiger partial charge in [-0.05, 0) is 36.5 Å². The average Bonchev–Trinajstić information content (AvgIpc) is 2.42. The molecule has 1 fully saturated rings. The zero-order valence-electron chi connectivity index (χ0n) is 7.85. The average molecular weight is 150 g/mol. The first kappa shape index (κ1) is 7.39. The third-order valence-electron chi connectivity index (χ3n) is 3.19. The summed E-state index contributed by atoms with van der Waals surface area (Å²) in [6.07, 6.45) is 6.94. The van der Waals surface area contributed by atoms with Gasteiger partial charge in [0.05, 0.1) is 0 Å². The highest BCUT2D eigenvalue weighted by Gasteiger charge is 2.37. The van der Waals surface area contributed by atoms with E-state index in [0.717, 1.165) is 11.8 Å². The lowest BCUT2D eigenvalue weighted by molar-refractivity contribution is 0.431. The molecule has 0 heterocycles. The summed E-state index contributed by atoms with van der Waals surface area (Å²) in [5, 5.41) is 0. The van der Waals surface area contributed by atoms with Crippen LogP contribution in [0.1, 0.15) is 40.0 Å². The van der Waals surface area contributed by atoms with Crippen LogP contribution < -0.4 is 0 Å². The van der Waals surface area contributed by atoms with E-state index in [2.05, 4.69) is 26.8 Å². The molecular formula is C11H18. The molecule has 2 aliphatic carbocycles. The van der Waals surface area contributed by atoms with Gasteiger partial charge in [-0.1, -0.05) is 32.4 Å². The second-order valence-corrected chi connectivity index (χ2v) is 5.14. The highest BCUT2D eigenvalue weighted by Crippen LogP contribution is 2.49. The van der Waals surface area contributed by atoms with Crippen LogP contribution in [-0.4, -0.2) is 0 Å². The second kappa shape index (κ2) is 2.12. The quantitative estimate of drug-likeness (QED) is 0.464. The molecule has 2 atom stereocenters. The number of rotatable bonds is 0. The van der Waals surface area contributed by atoms with Crippen LogP contribution in [0.15, 0.2) is 11.6 Å². The van der Waals surface area contributed by atoms with Crippen LogP contribution in [0.4, 0.5) is 0 Å². The minimum absolute atomic E-state index is 0.444. The first-order chi connectivity index (χ1) is 5.07. The largest absolute Gasteiger partial charge is 0.0814 e. The molecule has 62 valence electrons. The number of hydrogen-bond acceptors (Lipinski definition) is 0. The minimum Gasteiger partial charge on any atom is -0.0814 e. The highest BCUT2D eigenvalue weighted by atomic mass is 14.4. The Kier molecular flexibility index (Phi) is 1.42. The van der Waals surface area contributed by atoms with Crippen LogP contribution in [0.3, 0.4) is 0 Å². The molecule has 0 heteroatoms. The fourth-order valence-corrected chi connectivity index (χ4v) is 2.70. The molecular weight excluding hydrogens is 132 g/mol. The molecule has 0 aromatic heterocycles. The monoisotopic (exact) mass is 150 g/mol. The Morgan fingerprint density at radius 2 is 2.00 bits per heavy atom. The SMILES string of the molecule is CC(C)(C)C1=CC2CCC1C2. The number of allylic oxidation sites excluding steroid dienone is 2. The van der Waals surface area contributed by atoms with Gasteiger partial charge in [0.25, 0.3) is 0 Å².